The van der Waals surface area contributed by atoms with Gasteiger partial charge in [-0.25, -0.2) is 0 Å². The van der Waals surface area contributed by atoms with E-state index in [1.54, 1.807) is 0 Å². The van der Waals surface area contributed by atoms with Crippen LogP contribution in [0, 0.1) is 0 Å². The van der Waals surface area contributed by atoms with E-state index in [1.807, 2.05) is 0 Å². The van der Waals surface area contributed by atoms with Crippen molar-refractivity contribution in [3.05, 3.63) is 0 Å². The molecule has 2 heteroatoms. The summed E-state index contributed by atoms with van der Waals surface area (Å²) in [6.45, 7) is 6.88. The van der Waals surface area contributed by atoms with Crippen molar-refractivity contribution < 1.29 is 0 Å². The number of hydrogen-bond acceptors (Lipinski definition) is 2. The van der Waals surface area contributed by atoms with Crippen molar-refractivity contribution in [2.24, 2.45) is 0 Å². The van der Waals surface area contributed by atoms with Crippen LogP contribution in [0.1, 0.15) is 33.1 Å². The summed E-state index contributed by atoms with van der Waals surface area (Å²) in [6, 6.07) is 1.55. The molecule has 72 valence electrons. The number of nitrogens with zero attached hydrogens (tertiary/aromatic N) is 1. The Kier molecular flexibility index (Phi) is 4.02. The van der Waals surface area contributed by atoms with E-state index in [2.05, 4.69) is 31.1 Å². The first-order chi connectivity index (χ1) is 5.72. The molecule has 0 aromatic heterocycles. The van der Waals surface area contributed by atoms with Crippen LogP contribution in [0.15, 0.2) is 0 Å². The van der Waals surface area contributed by atoms with Crippen LogP contribution >= 0.6 is 0 Å². The van der Waals surface area contributed by atoms with Gasteiger partial charge in [-0.2, -0.15) is 0 Å². The maximum atomic E-state index is 3.61. The van der Waals surface area contributed by atoms with E-state index < -0.39 is 0 Å². The molecule has 1 saturated carbocycles. The summed E-state index contributed by atoms with van der Waals surface area (Å²) < 4.78 is 0. The van der Waals surface area contributed by atoms with Crippen molar-refractivity contribution in [3.63, 3.8) is 0 Å². The van der Waals surface area contributed by atoms with Crippen molar-refractivity contribution in [2.45, 2.75) is 45.2 Å². The van der Waals surface area contributed by atoms with Crippen LogP contribution in [0.3, 0.4) is 0 Å². The fraction of sp³-hybridized carbons (Fsp3) is 1.00. The molecular formula is C10H22N2. The molecule has 0 aliphatic heterocycles. The fourth-order valence-corrected chi connectivity index (χ4v) is 1.31. The molecule has 1 fully saturated rings. The van der Waals surface area contributed by atoms with Crippen molar-refractivity contribution >= 4 is 0 Å². The monoisotopic (exact) mass is 170 g/mol. The molecule has 12 heavy (non-hydrogen) atoms. The zero-order valence-electron chi connectivity index (χ0n) is 8.64. The molecule has 1 atom stereocenters. The van der Waals surface area contributed by atoms with Gasteiger partial charge in [0.1, 0.15) is 0 Å². The highest BCUT2D eigenvalue weighted by atomic mass is 15.1. The lowest BCUT2D eigenvalue weighted by atomic mass is 10.2. The van der Waals surface area contributed by atoms with Gasteiger partial charge in [0.05, 0.1) is 0 Å². The Morgan fingerprint density at radius 1 is 1.50 bits per heavy atom. The van der Waals surface area contributed by atoms with E-state index >= 15 is 0 Å². The number of hydrogen-bond donors (Lipinski definition) is 1. The van der Waals surface area contributed by atoms with Gasteiger partial charge < -0.3 is 10.2 Å². The average Bonchev–Trinajstić information content (AvgIpc) is 2.84. The van der Waals surface area contributed by atoms with Gasteiger partial charge in [0.15, 0.2) is 0 Å². The quantitative estimate of drug-likeness (QED) is 0.649. The maximum Gasteiger partial charge on any atom is 0.00707 e. The molecule has 1 aliphatic carbocycles. The van der Waals surface area contributed by atoms with Crippen molar-refractivity contribution in [2.75, 3.05) is 20.1 Å². The Bertz CT molecular complexity index is 121. The van der Waals surface area contributed by atoms with Crippen LogP contribution in [0.2, 0.25) is 0 Å². The predicted molar refractivity (Wildman–Crippen MR) is 53.4 cm³/mol. The summed E-state index contributed by atoms with van der Waals surface area (Å²) >= 11 is 0. The average molecular weight is 170 g/mol. The molecule has 0 heterocycles. The lowest BCUT2D eigenvalue weighted by Crippen LogP contribution is -2.32. The van der Waals surface area contributed by atoms with Gasteiger partial charge in [-0.15, -0.1) is 0 Å². The zero-order chi connectivity index (χ0) is 8.97. The summed E-state index contributed by atoms with van der Waals surface area (Å²) in [7, 11) is 2.18. The summed E-state index contributed by atoms with van der Waals surface area (Å²) in [5.41, 5.74) is 0. The Balaban J connectivity index is 1.96. The second-order valence-corrected chi connectivity index (χ2v) is 4.03. The van der Waals surface area contributed by atoms with E-state index in [0.29, 0.717) is 6.04 Å². The van der Waals surface area contributed by atoms with E-state index in [0.717, 1.165) is 12.6 Å². The van der Waals surface area contributed by atoms with Crippen molar-refractivity contribution in [1.29, 1.82) is 0 Å². The van der Waals surface area contributed by atoms with Crippen LogP contribution in [0.4, 0.5) is 0 Å². The minimum absolute atomic E-state index is 0.700. The lowest BCUT2D eigenvalue weighted by molar-refractivity contribution is 0.324. The molecule has 0 aromatic rings. The van der Waals surface area contributed by atoms with Crippen LogP contribution in [-0.4, -0.2) is 37.1 Å². The molecule has 0 amide bonds. The first-order valence-corrected chi connectivity index (χ1v) is 5.17. The lowest BCUT2D eigenvalue weighted by Gasteiger charge is -2.18. The van der Waals surface area contributed by atoms with Crippen LogP contribution in [0.25, 0.3) is 0 Å². The first-order valence-electron chi connectivity index (χ1n) is 5.17. The van der Waals surface area contributed by atoms with Gasteiger partial charge in [0.2, 0.25) is 0 Å². The van der Waals surface area contributed by atoms with Gasteiger partial charge >= 0.3 is 0 Å². The molecular weight excluding hydrogens is 148 g/mol. The number of rotatable bonds is 6. The van der Waals surface area contributed by atoms with Crippen LogP contribution < -0.4 is 5.32 Å². The van der Waals surface area contributed by atoms with Gasteiger partial charge in [-0.3, -0.25) is 0 Å². The standard InChI is InChI=1S/C10H22N2/c1-4-12(3)8-7-9(2)11-10-5-6-10/h9-11H,4-8H2,1-3H3. The summed E-state index contributed by atoms with van der Waals surface area (Å²) in [6.07, 6.45) is 4.07. The van der Waals surface area contributed by atoms with E-state index in [4.69, 9.17) is 0 Å². The van der Waals surface area contributed by atoms with Crippen molar-refractivity contribution in [3.8, 4) is 0 Å². The summed E-state index contributed by atoms with van der Waals surface area (Å²) in [4.78, 5) is 2.37. The smallest absolute Gasteiger partial charge is 0.00707 e. The number of nitrogens with one attached hydrogen (secondary N) is 1. The molecule has 1 aliphatic rings. The molecule has 0 spiro atoms. The highest BCUT2D eigenvalue weighted by Crippen LogP contribution is 2.19. The Labute approximate surface area is 76.3 Å². The molecule has 0 radical (unpaired) electrons. The molecule has 0 saturated heterocycles. The molecule has 2 nitrogen and oxygen atoms in total. The second-order valence-electron chi connectivity index (χ2n) is 4.03. The van der Waals surface area contributed by atoms with Crippen LogP contribution in [0.5, 0.6) is 0 Å². The van der Waals surface area contributed by atoms with E-state index in [9.17, 15) is 0 Å². The maximum absolute atomic E-state index is 3.61. The second kappa shape index (κ2) is 4.83. The highest BCUT2D eigenvalue weighted by molar-refractivity contribution is 4.83. The molecule has 0 bridgehead atoms. The Morgan fingerprint density at radius 2 is 2.17 bits per heavy atom. The van der Waals surface area contributed by atoms with Gasteiger partial charge in [0.25, 0.3) is 0 Å². The molecule has 1 unspecified atom stereocenters. The van der Waals surface area contributed by atoms with Gasteiger partial charge in [0, 0.05) is 12.1 Å². The molecule has 1 N–H and O–H groups in total. The normalized spacial score (nSPS) is 20.0. The largest absolute Gasteiger partial charge is 0.311 e. The highest BCUT2D eigenvalue weighted by Gasteiger charge is 2.22. The first kappa shape index (κ1) is 10.0. The van der Waals surface area contributed by atoms with E-state index in [-0.39, 0.29) is 0 Å². The third kappa shape index (κ3) is 4.07. The Hall–Kier alpha value is -0.0800. The SMILES string of the molecule is CCN(C)CCC(C)NC1CC1. The van der Waals surface area contributed by atoms with Gasteiger partial charge in [-0.05, 0) is 46.3 Å². The minimum Gasteiger partial charge on any atom is -0.311 e. The van der Waals surface area contributed by atoms with Gasteiger partial charge in [-0.1, -0.05) is 6.92 Å². The van der Waals surface area contributed by atoms with Crippen LogP contribution in [-0.2, 0) is 0 Å². The third-order valence-corrected chi connectivity index (χ3v) is 2.58. The minimum atomic E-state index is 0.700. The summed E-state index contributed by atoms with van der Waals surface area (Å²) in [5.74, 6) is 0. The van der Waals surface area contributed by atoms with E-state index in [1.165, 1.54) is 25.8 Å². The topological polar surface area (TPSA) is 15.3 Å². The fourth-order valence-electron chi connectivity index (χ4n) is 1.31. The molecule has 0 aromatic carbocycles. The molecule has 1 rings (SSSR count). The zero-order valence-corrected chi connectivity index (χ0v) is 8.64. The Morgan fingerprint density at radius 3 is 2.67 bits per heavy atom. The predicted octanol–water partition coefficient (Wildman–Crippen LogP) is 1.47. The summed E-state index contributed by atoms with van der Waals surface area (Å²) in [5, 5.41) is 3.61. The van der Waals surface area contributed by atoms with Crippen molar-refractivity contribution in [1.82, 2.24) is 10.2 Å². The third-order valence-electron chi connectivity index (χ3n) is 2.58.